The van der Waals surface area contributed by atoms with Crippen molar-refractivity contribution in [1.82, 2.24) is 10.4 Å². The molecule has 6 nitrogen and oxygen atoms in total. The summed E-state index contributed by atoms with van der Waals surface area (Å²) in [6.45, 7) is 2.44. The lowest BCUT2D eigenvalue weighted by atomic mass is 9.89. The quantitative estimate of drug-likeness (QED) is 0.778. The third-order valence-electron chi connectivity index (χ3n) is 5.24. The summed E-state index contributed by atoms with van der Waals surface area (Å²) in [5.74, 6) is 0.739. The highest BCUT2D eigenvalue weighted by molar-refractivity contribution is 5.92. The molecule has 1 amide bonds. The summed E-state index contributed by atoms with van der Waals surface area (Å²) in [4.78, 5) is 19.0. The Hall–Kier alpha value is -2.99. The molecule has 4 rings (SSSR count). The first-order valence-corrected chi connectivity index (χ1v) is 9.11. The summed E-state index contributed by atoms with van der Waals surface area (Å²) in [5.41, 5.74) is 4.90. The van der Waals surface area contributed by atoms with E-state index in [4.69, 9.17) is 4.84 Å². The van der Waals surface area contributed by atoms with Crippen LogP contribution in [-0.4, -0.2) is 34.1 Å². The van der Waals surface area contributed by atoms with Crippen LogP contribution < -0.4 is 10.3 Å². The monoisotopic (exact) mass is 366 g/mol. The van der Waals surface area contributed by atoms with Crippen molar-refractivity contribution in [2.24, 2.45) is 0 Å². The molecule has 0 bridgehead atoms. The highest BCUT2D eigenvalue weighted by Crippen LogP contribution is 2.37. The molecule has 0 radical (unpaired) electrons. The van der Waals surface area contributed by atoms with Gasteiger partial charge in [-0.25, -0.2) is 0 Å². The van der Waals surface area contributed by atoms with E-state index >= 15 is 0 Å². The first-order valence-electron chi connectivity index (χ1n) is 9.11. The molecule has 27 heavy (non-hydrogen) atoms. The van der Waals surface area contributed by atoms with E-state index in [2.05, 4.69) is 16.4 Å². The van der Waals surface area contributed by atoms with Crippen molar-refractivity contribution in [3.05, 3.63) is 59.2 Å². The molecule has 0 aliphatic carbocycles. The van der Waals surface area contributed by atoms with Gasteiger partial charge in [0.15, 0.2) is 5.75 Å². The van der Waals surface area contributed by atoms with Gasteiger partial charge in [-0.3, -0.25) is 9.69 Å². The van der Waals surface area contributed by atoms with Crippen LogP contribution in [0.4, 0.5) is 0 Å². The Morgan fingerprint density at radius 3 is 2.70 bits per heavy atom. The molecule has 0 atom stereocenters. The van der Waals surface area contributed by atoms with Crippen molar-refractivity contribution in [2.45, 2.75) is 25.3 Å². The summed E-state index contributed by atoms with van der Waals surface area (Å²) in [6.07, 6.45) is 5.01. The number of benzene rings is 2. The van der Waals surface area contributed by atoms with Crippen molar-refractivity contribution >= 4 is 12.0 Å². The van der Waals surface area contributed by atoms with Gasteiger partial charge in [0.2, 0.25) is 5.75 Å². The molecule has 140 valence electrons. The van der Waals surface area contributed by atoms with Crippen LogP contribution in [0, 0.1) is 0 Å². The number of amides is 1. The molecule has 1 fully saturated rings. The summed E-state index contributed by atoms with van der Waals surface area (Å²) < 4.78 is 0. The number of aromatic hydroxyl groups is 2. The number of nitrogens with zero attached hydrogens (tertiary/aromatic N) is 1. The third kappa shape index (κ3) is 3.75. The standard InChI is InChI=1S/C21H22N2O4/c24-18-3-1-2-16(12-18)14-8-10-23(11-9-14)13-17-5-4-15-6-7-19(25)22-27-21(15)20(17)26/h1-7,12,14,24,26H,8-11,13H2,(H,22,25). The van der Waals surface area contributed by atoms with Crippen molar-refractivity contribution in [3.8, 4) is 17.2 Å². The van der Waals surface area contributed by atoms with Crippen LogP contribution in [0.3, 0.4) is 0 Å². The number of fused-ring (bicyclic) bond motifs is 1. The van der Waals surface area contributed by atoms with Gasteiger partial charge in [0.25, 0.3) is 5.91 Å². The molecule has 2 aromatic carbocycles. The molecule has 0 unspecified atom stereocenters. The summed E-state index contributed by atoms with van der Waals surface area (Å²) in [5, 5.41) is 20.2. The Morgan fingerprint density at radius 2 is 1.93 bits per heavy atom. The fourth-order valence-corrected chi connectivity index (χ4v) is 3.74. The van der Waals surface area contributed by atoms with Gasteiger partial charge in [-0.2, -0.15) is 5.48 Å². The average Bonchev–Trinajstić information content (AvgIpc) is 2.87. The van der Waals surface area contributed by atoms with Gasteiger partial charge in [-0.1, -0.05) is 24.3 Å². The van der Waals surface area contributed by atoms with Crippen LogP contribution in [0.5, 0.6) is 17.2 Å². The minimum Gasteiger partial charge on any atom is -0.508 e. The lowest BCUT2D eigenvalue weighted by Gasteiger charge is -2.32. The van der Waals surface area contributed by atoms with E-state index in [-0.39, 0.29) is 17.4 Å². The molecule has 2 aliphatic heterocycles. The predicted octanol–water partition coefficient (Wildman–Crippen LogP) is 2.91. The summed E-state index contributed by atoms with van der Waals surface area (Å²) in [7, 11) is 0. The zero-order chi connectivity index (χ0) is 18.8. The number of carbonyl (C=O) groups is 1. The van der Waals surface area contributed by atoms with Gasteiger partial charge in [-0.15, -0.1) is 0 Å². The van der Waals surface area contributed by atoms with Crippen LogP contribution in [0.2, 0.25) is 0 Å². The SMILES string of the molecule is O=C1C=Cc2ccc(CN3CCC(c4cccc(O)c4)CC3)c(O)c2ON1. The van der Waals surface area contributed by atoms with E-state index < -0.39 is 0 Å². The van der Waals surface area contributed by atoms with Crippen molar-refractivity contribution in [3.63, 3.8) is 0 Å². The molecular weight excluding hydrogens is 344 g/mol. The first kappa shape index (κ1) is 17.4. The van der Waals surface area contributed by atoms with Crippen molar-refractivity contribution < 1.29 is 19.8 Å². The van der Waals surface area contributed by atoms with Gasteiger partial charge in [0.1, 0.15) is 5.75 Å². The largest absolute Gasteiger partial charge is 0.508 e. The van der Waals surface area contributed by atoms with Gasteiger partial charge in [0, 0.05) is 23.7 Å². The Balaban J connectivity index is 1.43. The molecule has 2 aliphatic rings. The van der Waals surface area contributed by atoms with E-state index in [0.717, 1.165) is 31.5 Å². The van der Waals surface area contributed by atoms with Crippen molar-refractivity contribution in [2.75, 3.05) is 13.1 Å². The molecule has 2 aromatic rings. The first-order chi connectivity index (χ1) is 13.1. The molecule has 0 aromatic heterocycles. The molecule has 6 heteroatoms. The number of phenols is 2. The molecule has 0 saturated carbocycles. The molecular formula is C21H22N2O4. The lowest BCUT2D eigenvalue weighted by Crippen LogP contribution is -2.32. The average molecular weight is 366 g/mol. The number of hydrogen-bond acceptors (Lipinski definition) is 5. The maximum atomic E-state index is 11.4. The van der Waals surface area contributed by atoms with E-state index in [1.807, 2.05) is 24.3 Å². The Labute approximate surface area is 157 Å². The van der Waals surface area contributed by atoms with Crippen LogP contribution in [0.1, 0.15) is 35.4 Å². The molecule has 2 heterocycles. The number of likely N-dealkylation sites (tertiary alicyclic amines) is 1. The predicted molar refractivity (Wildman–Crippen MR) is 101 cm³/mol. The van der Waals surface area contributed by atoms with Crippen LogP contribution in [0.25, 0.3) is 6.08 Å². The minimum absolute atomic E-state index is 0.0643. The number of nitrogens with one attached hydrogen (secondary N) is 1. The van der Waals surface area contributed by atoms with Crippen LogP contribution in [0.15, 0.2) is 42.5 Å². The van der Waals surface area contributed by atoms with Crippen LogP contribution >= 0.6 is 0 Å². The highest BCUT2D eigenvalue weighted by Gasteiger charge is 2.23. The number of hydroxylamine groups is 1. The minimum atomic E-state index is -0.360. The van der Waals surface area contributed by atoms with Gasteiger partial charge < -0.3 is 15.1 Å². The lowest BCUT2D eigenvalue weighted by molar-refractivity contribution is -0.122. The summed E-state index contributed by atoms with van der Waals surface area (Å²) in [6, 6.07) is 11.2. The second-order valence-electron chi connectivity index (χ2n) is 7.04. The smallest absolute Gasteiger partial charge is 0.276 e. The maximum absolute atomic E-state index is 11.4. The molecule has 3 N–H and O–H groups in total. The van der Waals surface area contributed by atoms with E-state index in [9.17, 15) is 15.0 Å². The highest BCUT2D eigenvalue weighted by atomic mass is 16.7. The number of phenolic OH excluding ortho intramolecular Hbond substituents is 2. The van der Waals surface area contributed by atoms with E-state index in [1.165, 1.54) is 11.6 Å². The Kier molecular flexibility index (Phi) is 4.73. The fraction of sp³-hybridized carbons (Fsp3) is 0.286. The van der Waals surface area contributed by atoms with Gasteiger partial charge in [0.05, 0.1) is 0 Å². The fourth-order valence-electron chi connectivity index (χ4n) is 3.74. The Bertz CT molecular complexity index is 886. The Morgan fingerprint density at radius 1 is 1.11 bits per heavy atom. The normalized spacial score (nSPS) is 17.7. The number of piperidine rings is 1. The number of carbonyl (C=O) groups excluding carboxylic acids is 1. The van der Waals surface area contributed by atoms with Gasteiger partial charge >= 0.3 is 0 Å². The maximum Gasteiger partial charge on any atom is 0.276 e. The number of rotatable bonds is 3. The van der Waals surface area contributed by atoms with Crippen molar-refractivity contribution in [1.29, 1.82) is 0 Å². The second kappa shape index (κ2) is 7.32. The molecule has 0 spiro atoms. The number of hydrogen-bond donors (Lipinski definition) is 3. The zero-order valence-corrected chi connectivity index (χ0v) is 14.9. The van der Waals surface area contributed by atoms with E-state index in [0.29, 0.717) is 23.8 Å². The third-order valence-corrected chi connectivity index (χ3v) is 5.24. The topological polar surface area (TPSA) is 82.0 Å². The van der Waals surface area contributed by atoms with Crippen LogP contribution in [-0.2, 0) is 11.3 Å². The van der Waals surface area contributed by atoms with Gasteiger partial charge in [-0.05, 0) is 55.6 Å². The zero-order valence-electron chi connectivity index (χ0n) is 14.9. The summed E-state index contributed by atoms with van der Waals surface area (Å²) >= 11 is 0. The molecule has 1 saturated heterocycles. The second-order valence-corrected chi connectivity index (χ2v) is 7.04. The van der Waals surface area contributed by atoms with E-state index in [1.54, 1.807) is 12.1 Å².